The fourth-order valence-corrected chi connectivity index (χ4v) is 1.45. The second-order valence-electron chi connectivity index (χ2n) is 3.76. The molecule has 0 saturated heterocycles. The third-order valence-electron chi connectivity index (χ3n) is 2.46. The highest BCUT2D eigenvalue weighted by Gasteiger charge is 2.18. The van der Waals surface area contributed by atoms with Crippen LogP contribution < -0.4 is 5.73 Å². The third-order valence-corrected chi connectivity index (χ3v) is 2.46. The normalized spacial score (nSPS) is 12.1. The molecule has 0 amide bonds. The Morgan fingerprint density at radius 2 is 2.28 bits per heavy atom. The monoisotopic (exact) mass is 247 g/mol. The molecular weight excluding hydrogens is 234 g/mol. The summed E-state index contributed by atoms with van der Waals surface area (Å²) in [5, 5.41) is 11.8. The summed E-state index contributed by atoms with van der Waals surface area (Å²) < 4.78 is 4.61. The van der Waals surface area contributed by atoms with Crippen molar-refractivity contribution in [2.24, 2.45) is 0 Å². The second-order valence-corrected chi connectivity index (χ2v) is 3.76. The van der Waals surface area contributed by atoms with Gasteiger partial charge in [-0.15, -0.1) is 15.0 Å². The molecule has 0 unspecified atom stereocenters. The van der Waals surface area contributed by atoms with Crippen molar-refractivity contribution < 1.29 is 9.53 Å². The Labute approximate surface area is 104 Å². The van der Waals surface area contributed by atoms with Crippen LogP contribution in [0.1, 0.15) is 13.0 Å². The quantitative estimate of drug-likeness (QED) is 0.632. The number of tetrazole rings is 1. The topological polar surface area (TPSA) is 95.9 Å². The van der Waals surface area contributed by atoms with Crippen LogP contribution >= 0.6 is 0 Å². The summed E-state index contributed by atoms with van der Waals surface area (Å²) >= 11 is 0. The molecule has 2 N–H and O–H groups in total. The van der Waals surface area contributed by atoms with Crippen LogP contribution in [0.4, 0.5) is 5.69 Å². The number of rotatable bonds is 3. The Morgan fingerprint density at radius 3 is 2.94 bits per heavy atom. The van der Waals surface area contributed by atoms with E-state index in [1.54, 1.807) is 25.1 Å². The van der Waals surface area contributed by atoms with Crippen molar-refractivity contribution in [3.63, 3.8) is 0 Å². The van der Waals surface area contributed by atoms with Crippen LogP contribution in [0.15, 0.2) is 24.3 Å². The lowest BCUT2D eigenvalue weighted by Gasteiger charge is -2.05. The number of anilines is 1. The molecule has 18 heavy (non-hydrogen) atoms. The van der Waals surface area contributed by atoms with E-state index in [2.05, 4.69) is 20.1 Å². The van der Waals surface area contributed by atoms with Crippen molar-refractivity contribution in [2.45, 2.75) is 13.0 Å². The number of hydrogen-bond acceptors (Lipinski definition) is 6. The van der Waals surface area contributed by atoms with Crippen molar-refractivity contribution >= 4 is 11.7 Å². The SMILES string of the molecule is COC(=O)[C@H](C)n1nnc(-c2cccc(N)c2)n1. The van der Waals surface area contributed by atoms with Crippen molar-refractivity contribution in [1.82, 2.24) is 20.2 Å². The van der Waals surface area contributed by atoms with Gasteiger partial charge in [0.2, 0.25) is 5.82 Å². The molecule has 1 heterocycles. The number of benzene rings is 1. The van der Waals surface area contributed by atoms with Gasteiger partial charge in [-0.25, -0.2) is 4.79 Å². The van der Waals surface area contributed by atoms with E-state index < -0.39 is 12.0 Å². The zero-order valence-corrected chi connectivity index (χ0v) is 10.1. The Kier molecular flexibility index (Phi) is 3.22. The molecule has 2 aromatic rings. The maximum atomic E-state index is 11.3. The van der Waals surface area contributed by atoms with Crippen molar-refractivity contribution in [1.29, 1.82) is 0 Å². The summed E-state index contributed by atoms with van der Waals surface area (Å²) in [5.74, 6) is -0.00965. The van der Waals surface area contributed by atoms with Crippen molar-refractivity contribution in [3.05, 3.63) is 24.3 Å². The molecule has 0 spiro atoms. The molecule has 0 bridgehead atoms. The van der Waals surface area contributed by atoms with Gasteiger partial charge < -0.3 is 10.5 Å². The number of carbonyl (C=O) groups excluding carboxylic acids is 1. The molecule has 0 aliphatic rings. The van der Waals surface area contributed by atoms with E-state index in [0.717, 1.165) is 5.56 Å². The van der Waals surface area contributed by atoms with Crippen LogP contribution in [0.2, 0.25) is 0 Å². The lowest BCUT2D eigenvalue weighted by molar-refractivity contribution is -0.144. The van der Waals surface area contributed by atoms with E-state index >= 15 is 0 Å². The maximum absolute atomic E-state index is 11.3. The number of aromatic nitrogens is 4. The van der Waals surface area contributed by atoms with Crippen LogP contribution in [0.25, 0.3) is 11.4 Å². The molecule has 0 fully saturated rings. The van der Waals surface area contributed by atoms with Gasteiger partial charge in [0.05, 0.1) is 7.11 Å². The van der Waals surface area contributed by atoms with Gasteiger partial charge in [-0.2, -0.15) is 0 Å². The number of nitrogens with zero attached hydrogens (tertiary/aromatic N) is 4. The first-order valence-corrected chi connectivity index (χ1v) is 5.35. The number of nitrogen functional groups attached to an aromatic ring is 1. The van der Waals surface area contributed by atoms with Crippen molar-refractivity contribution in [3.8, 4) is 11.4 Å². The van der Waals surface area contributed by atoms with Gasteiger partial charge in [-0.05, 0) is 24.3 Å². The Bertz CT molecular complexity index is 566. The van der Waals surface area contributed by atoms with E-state index in [9.17, 15) is 4.79 Å². The molecule has 1 atom stereocenters. The number of methoxy groups -OCH3 is 1. The Balaban J connectivity index is 2.28. The van der Waals surface area contributed by atoms with Crippen LogP contribution in [0.5, 0.6) is 0 Å². The van der Waals surface area contributed by atoms with Crippen molar-refractivity contribution in [2.75, 3.05) is 12.8 Å². The van der Waals surface area contributed by atoms with Crippen LogP contribution in [0.3, 0.4) is 0 Å². The molecular formula is C11H13N5O2. The van der Waals surface area contributed by atoms with Gasteiger partial charge in [0.25, 0.3) is 0 Å². The minimum Gasteiger partial charge on any atom is -0.467 e. The number of carbonyl (C=O) groups is 1. The summed E-state index contributed by atoms with van der Waals surface area (Å²) in [4.78, 5) is 12.6. The summed E-state index contributed by atoms with van der Waals surface area (Å²) in [5.41, 5.74) is 7.04. The van der Waals surface area contributed by atoms with Crippen LogP contribution in [-0.4, -0.2) is 33.3 Å². The highest BCUT2D eigenvalue weighted by atomic mass is 16.5. The average molecular weight is 247 g/mol. The number of nitrogens with two attached hydrogens (primary N) is 1. The zero-order valence-electron chi connectivity index (χ0n) is 10.1. The molecule has 7 heteroatoms. The van der Waals surface area contributed by atoms with Gasteiger partial charge in [0.1, 0.15) is 0 Å². The van der Waals surface area contributed by atoms with Gasteiger partial charge in [-0.3, -0.25) is 0 Å². The molecule has 0 radical (unpaired) electrons. The first-order chi connectivity index (χ1) is 8.61. The van der Waals surface area contributed by atoms with E-state index in [4.69, 9.17) is 5.73 Å². The lowest BCUT2D eigenvalue weighted by atomic mass is 10.2. The van der Waals surface area contributed by atoms with E-state index in [1.165, 1.54) is 11.9 Å². The van der Waals surface area contributed by atoms with E-state index in [0.29, 0.717) is 11.5 Å². The molecule has 0 aliphatic carbocycles. The molecule has 7 nitrogen and oxygen atoms in total. The third kappa shape index (κ3) is 2.29. The fraction of sp³-hybridized carbons (Fsp3) is 0.273. The maximum Gasteiger partial charge on any atom is 0.332 e. The predicted molar refractivity (Wildman–Crippen MR) is 64.4 cm³/mol. The predicted octanol–water partition coefficient (Wildman–Crippen LogP) is 0.656. The minimum absolute atomic E-state index is 0.415. The zero-order chi connectivity index (χ0) is 13.1. The molecule has 1 aromatic heterocycles. The van der Waals surface area contributed by atoms with Gasteiger partial charge in [0, 0.05) is 11.3 Å². The minimum atomic E-state index is -0.614. The highest BCUT2D eigenvalue weighted by Crippen LogP contribution is 2.17. The highest BCUT2D eigenvalue weighted by molar-refractivity contribution is 5.73. The van der Waals surface area contributed by atoms with Crippen LogP contribution in [-0.2, 0) is 9.53 Å². The lowest BCUT2D eigenvalue weighted by Crippen LogP contribution is -2.20. The van der Waals surface area contributed by atoms with E-state index in [-0.39, 0.29) is 0 Å². The summed E-state index contributed by atoms with van der Waals surface area (Å²) in [6.07, 6.45) is 0. The standard InChI is InChI=1S/C11H13N5O2/c1-7(11(17)18-2)16-14-10(13-15-16)8-4-3-5-9(12)6-8/h3-7H,12H2,1-2H3/t7-/m0/s1. The summed E-state index contributed by atoms with van der Waals surface area (Å²) in [6.45, 7) is 1.64. The number of ether oxygens (including phenoxy) is 1. The average Bonchev–Trinajstić information content (AvgIpc) is 2.86. The Morgan fingerprint density at radius 1 is 1.50 bits per heavy atom. The second kappa shape index (κ2) is 4.82. The number of hydrogen-bond donors (Lipinski definition) is 1. The first kappa shape index (κ1) is 12.0. The van der Waals surface area contributed by atoms with Crippen LogP contribution in [0, 0.1) is 0 Å². The first-order valence-electron chi connectivity index (χ1n) is 5.35. The molecule has 0 saturated carbocycles. The largest absolute Gasteiger partial charge is 0.467 e. The van der Waals surface area contributed by atoms with Gasteiger partial charge >= 0.3 is 5.97 Å². The smallest absolute Gasteiger partial charge is 0.332 e. The van der Waals surface area contributed by atoms with E-state index in [1.807, 2.05) is 6.07 Å². The molecule has 0 aliphatic heterocycles. The molecule has 94 valence electrons. The molecule has 2 rings (SSSR count). The number of esters is 1. The van der Waals surface area contributed by atoms with Gasteiger partial charge in [-0.1, -0.05) is 12.1 Å². The van der Waals surface area contributed by atoms with Gasteiger partial charge in [0.15, 0.2) is 6.04 Å². The molecule has 1 aromatic carbocycles. The summed E-state index contributed by atoms with van der Waals surface area (Å²) in [7, 11) is 1.31. The summed E-state index contributed by atoms with van der Waals surface area (Å²) in [6, 6.07) is 6.52. The Hall–Kier alpha value is -2.44. The fourth-order valence-electron chi connectivity index (χ4n) is 1.45.